The van der Waals surface area contributed by atoms with Crippen molar-refractivity contribution in [2.45, 2.75) is 0 Å². The minimum absolute atomic E-state index is 0.717. The summed E-state index contributed by atoms with van der Waals surface area (Å²) in [7, 11) is 0. The van der Waals surface area contributed by atoms with Gasteiger partial charge in [-0.05, 0) is 69.8 Å². The van der Waals surface area contributed by atoms with Crippen molar-refractivity contribution >= 4 is 54.3 Å². The fraction of sp³-hybridized carbons (Fsp3) is 0. The first-order chi connectivity index (χ1) is 24.3. The van der Waals surface area contributed by atoms with E-state index in [1.165, 1.54) is 38.1 Å². The average Bonchev–Trinajstić information content (AvgIpc) is 3.49. The van der Waals surface area contributed by atoms with Crippen molar-refractivity contribution in [3.05, 3.63) is 176 Å². The lowest BCUT2D eigenvalue weighted by Gasteiger charge is -2.16. The number of benzene rings is 8. The Morgan fingerprint density at radius 3 is 1.82 bits per heavy atom. The molecule has 0 aliphatic rings. The summed E-state index contributed by atoms with van der Waals surface area (Å²) in [4.78, 5) is 10.6. The molecular weight excluding hydrogens is 595 g/mol. The topological polar surface area (TPSA) is 30.7 Å². The number of fused-ring (bicyclic) bond motifs is 6. The molecule has 0 fully saturated rings. The third kappa shape index (κ3) is 4.44. The van der Waals surface area contributed by atoms with Gasteiger partial charge in [0, 0.05) is 32.7 Å². The van der Waals surface area contributed by atoms with Gasteiger partial charge in [0.05, 0.1) is 27.9 Å². The second kappa shape index (κ2) is 11.0. The van der Waals surface area contributed by atoms with Crippen LogP contribution >= 0.6 is 0 Å². The molecule has 0 atom stereocenters. The Morgan fingerprint density at radius 1 is 0.367 bits per heavy atom. The van der Waals surface area contributed by atoms with Crippen molar-refractivity contribution in [2.75, 3.05) is 0 Å². The van der Waals surface area contributed by atoms with Gasteiger partial charge in [-0.2, -0.15) is 0 Å². The first-order valence-electron chi connectivity index (χ1n) is 16.7. The van der Waals surface area contributed by atoms with E-state index >= 15 is 0 Å². The number of rotatable bonds is 4. The number of nitrogens with zero attached hydrogens (tertiary/aromatic N) is 3. The van der Waals surface area contributed by atoms with Gasteiger partial charge < -0.3 is 4.57 Å². The third-order valence-electron chi connectivity index (χ3n) is 9.77. The normalized spacial score (nSPS) is 11.7. The fourth-order valence-corrected chi connectivity index (χ4v) is 7.46. The minimum Gasteiger partial charge on any atom is -0.309 e. The van der Waals surface area contributed by atoms with Gasteiger partial charge in [-0.3, -0.25) is 0 Å². The van der Waals surface area contributed by atoms with Gasteiger partial charge >= 0.3 is 0 Å². The van der Waals surface area contributed by atoms with Gasteiger partial charge in [-0.1, -0.05) is 133 Å². The monoisotopic (exact) mass is 623 g/mol. The van der Waals surface area contributed by atoms with Crippen LogP contribution in [-0.4, -0.2) is 14.5 Å². The fourth-order valence-electron chi connectivity index (χ4n) is 7.46. The Labute approximate surface area is 283 Å². The van der Waals surface area contributed by atoms with E-state index in [1.54, 1.807) is 0 Å². The molecule has 0 N–H and O–H groups in total. The maximum atomic E-state index is 5.33. The van der Waals surface area contributed by atoms with Crippen LogP contribution in [0.25, 0.3) is 93.7 Å². The lowest BCUT2D eigenvalue weighted by Crippen LogP contribution is -1.99. The molecule has 0 unspecified atom stereocenters. The van der Waals surface area contributed by atoms with Crippen LogP contribution in [0, 0.1) is 0 Å². The molecule has 0 saturated carbocycles. The Balaban J connectivity index is 1.22. The van der Waals surface area contributed by atoms with Crippen LogP contribution in [0.1, 0.15) is 0 Å². The van der Waals surface area contributed by atoms with Crippen LogP contribution in [0.3, 0.4) is 0 Å². The standard InChI is InChI=1S/C46H29N3/c1-3-13-30(14-4-1)34-23-25-41-40(28-34)45(31-15-5-2-6-16-31)48-46(47-41)38-24-26-43(36-20-10-9-19-35(36)38)49-42-22-12-11-21-37(42)39-27-32-17-7-8-18-33(32)29-44(39)49/h1-29H. The van der Waals surface area contributed by atoms with Crippen molar-refractivity contribution in [3.8, 4) is 39.5 Å². The molecule has 0 spiro atoms. The number of aromatic nitrogens is 3. The highest BCUT2D eigenvalue weighted by Gasteiger charge is 2.19. The average molecular weight is 624 g/mol. The second-order valence-electron chi connectivity index (χ2n) is 12.6. The first-order valence-corrected chi connectivity index (χ1v) is 16.7. The maximum absolute atomic E-state index is 5.33. The number of hydrogen-bond acceptors (Lipinski definition) is 2. The van der Waals surface area contributed by atoms with Crippen LogP contribution in [0.4, 0.5) is 0 Å². The van der Waals surface area contributed by atoms with E-state index in [-0.39, 0.29) is 0 Å². The molecule has 2 aromatic heterocycles. The molecule has 3 nitrogen and oxygen atoms in total. The van der Waals surface area contributed by atoms with E-state index in [4.69, 9.17) is 9.97 Å². The molecule has 0 aliphatic heterocycles. The Morgan fingerprint density at radius 2 is 1.02 bits per heavy atom. The lowest BCUT2D eigenvalue weighted by atomic mass is 9.98. The summed E-state index contributed by atoms with van der Waals surface area (Å²) >= 11 is 0. The van der Waals surface area contributed by atoms with E-state index in [0.717, 1.165) is 55.6 Å². The Kier molecular flexibility index (Phi) is 6.18. The zero-order valence-corrected chi connectivity index (χ0v) is 26.6. The molecule has 0 amide bonds. The van der Waals surface area contributed by atoms with Gasteiger partial charge in [0.1, 0.15) is 0 Å². The largest absolute Gasteiger partial charge is 0.309 e. The zero-order chi connectivity index (χ0) is 32.3. The number of para-hydroxylation sites is 1. The van der Waals surface area contributed by atoms with Gasteiger partial charge in [-0.25, -0.2) is 9.97 Å². The van der Waals surface area contributed by atoms with Gasteiger partial charge in [0.25, 0.3) is 0 Å². The lowest BCUT2D eigenvalue weighted by molar-refractivity contribution is 1.19. The SMILES string of the molecule is c1ccc(-c2ccc3nc(-c4ccc(-n5c6ccccc6c6cc7ccccc7cc65)c5ccccc45)nc(-c4ccccc4)c3c2)cc1. The van der Waals surface area contributed by atoms with E-state index < -0.39 is 0 Å². The van der Waals surface area contributed by atoms with Gasteiger partial charge in [-0.15, -0.1) is 0 Å². The summed E-state index contributed by atoms with van der Waals surface area (Å²) in [5, 5.41) is 8.28. The highest BCUT2D eigenvalue weighted by Crippen LogP contribution is 2.40. The third-order valence-corrected chi connectivity index (χ3v) is 9.77. The quantitative estimate of drug-likeness (QED) is 0.195. The molecule has 0 radical (unpaired) electrons. The molecule has 0 saturated heterocycles. The second-order valence-corrected chi connectivity index (χ2v) is 12.6. The minimum atomic E-state index is 0.717. The van der Waals surface area contributed by atoms with E-state index in [0.29, 0.717) is 0 Å². The van der Waals surface area contributed by atoms with Crippen LogP contribution in [0.5, 0.6) is 0 Å². The molecule has 10 aromatic rings. The van der Waals surface area contributed by atoms with Crippen molar-refractivity contribution in [1.82, 2.24) is 14.5 Å². The molecule has 8 aromatic carbocycles. The predicted molar refractivity (Wildman–Crippen MR) is 205 cm³/mol. The molecule has 0 bridgehead atoms. The van der Waals surface area contributed by atoms with Crippen LogP contribution in [0.15, 0.2) is 176 Å². The summed E-state index contributed by atoms with van der Waals surface area (Å²) in [5.74, 6) is 0.717. The first kappa shape index (κ1) is 27.5. The smallest absolute Gasteiger partial charge is 0.161 e. The highest BCUT2D eigenvalue weighted by atomic mass is 15.0. The Hall–Kier alpha value is -6.58. The summed E-state index contributed by atoms with van der Waals surface area (Å²) in [6.45, 7) is 0. The molecular formula is C46H29N3. The van der Waals surface area contributed by atoms with Crippen molar-refractivity contribution in [2.24, 2.45) is 0 Å². The molecule has 10 rings (SSSR count). The van der Waals surface area contributed by atoms with Crippen molar-refractivity contribution in [1.29, 1.82) is 0 Å². The zero-order valence-electron chi connectivity index (χ0n) is 26.6. The molecule has 2 heterocycles. The summed E-state index contributed by atoms with van der Waals surface area (Å²) in [5.41, 5.74) is 9.77. The van der Waals surface area contributed by atoms with Crippen LogP contribution < -0.4 is 0 Å². The summed E-state index contributed by atoms with van der Waals surface area (Å²) in [6.07, 6.45) is 0. The van der Waals surface area contributed by atoms with Crippen molar-refractivity contribution in [3.63, 3.8) is 0 Å². The summed E-state index contributed by atoms with van der Waals surface area (Å²) < 4.78 is 2.42. The van der Waals surface area contributed by atoms with Crippen molar-refractivity contribution < 1.29 is 0 Å². The number of hydrogen-bond donors (Lipinski definition) is 0. The molecule has 3 heteroatoms. The molecule has 0 aliphatic carbocycles. The van der Waals surface area contributed by atoms with Gasteiger partial charge in [0.2, 0.25) is 0 Å². The van der Waals surface area contributed by atoms with E-state index in [9.17, 15) is 0 Å². The van der Waals surface area contributed by atoms with Crippen LogP contribution in [-0.2, 0) is 0 Å². The van der Waals surface area contributed by atoms with E-state index in [1.807, 2.05) is 12.1 Å². The highest BCUT2D eigenvalue weighted by molar-refractivity contribution is 6.15. The summed E-state index contributed by atoms with van der Waals surface area (Å²) in [6, 6.07) is 62.6. The Bertz CT molecular complexity index is 2870. The molecule has 49 heavy (non-hydrogen) atoms. The maximum Gasteiger partial charge on any atom is 0.161 e. The predicted octanol–water partition coefficient (Wildman–Crippen LogP) is 12.0. The van der Waals surface area contributed by atoms with Gasteiger partial charge in [0.15, 0.2) is 5.82 Å². The van der Waals surface area contributed by atoms with E-state index in [2.05, 4.69) is 168 Å². The molecule has 228 valence electrons. The van der Waals surface area contributed by atoms with Crippen LogP contribution in [0.2, 0.25) is 0 Å².